The summed E-state index contributed by atoms with van der Waals surface area (Å²) in [6.45, 7) is 2.47. The summed E-state index contributed by atoms with van der Waals surface area (Å²) in [7, 11) is 0. The third-order valence-corrected chi connectivity index (χ3v) is 4.99. The summed E-state index contributed by atoms with van der Waals surface area (Å²) < 4.78 is 0. The summed E-state index contributed by atoms with van der Waals surface area (Å²) in [6, 6.07) is 3.91. The zero-order valence-corrected chi connectivity index (χ0v) is 14.7. The van der Waals surface area contributed by atoms with Gasteiger partial charge in [0.1, 0.15) is 28.7 Å². The lowest BCUT2D eigenvalue weighted by Gasteiger charge is -2.15. The molecular weight excluding hydrogens is 334 g/mol. The van der Waals surface area contributed by atoms with Crippen molar-refractivity contribution in [2.24, 2.45) is 5.16 Å². The fourth-order valence-corrected chi connectivity index (χ4v) is 3.60. The molecule has 0 radical (unpaired) electrons. The molecule has 0 unspecified atom stereocenters. The Kier molecular flexibility index (Phi) is 4.47. The van der Waals surface area contributed by atoms with Gasteiger partial charge in [0.2, 0.25) is 0 Å². The monoisotopic (exact) mass is 351 g/mol. The van der Waals surface area contributed by atoms with Crippen molar-refractivity contribution in [2.75, 3.05) is 6.61 Å². The second kappa shape index (κ2) is 7.06. The molecule has 0 amide bonds. The highest BCUT2D eigenvalue weighted by atomic mass is 32.1. The van der Waals surface area contributed by atoms with Gasteiger partial charge >= 0.3 is 0 Å². The third-order valence-electron chi connectivity index (χ3n) is 3.92. The maximum Gasteiger partial charge on any atom is 0.125 e. The number of fused-ring (bicyclic) bond motifs is 1. The fourth-order valence-electron chi connectivity index (χ4n) is 2.74. The van der Waals surface area contributed by atoms with E-state index in [1.54, 1.807) is 17.5 Å². The number of aryl methyl sites for hydroxylation is 1. The van der Waals surface area contributed by atoms with Crippen molar-refractivity contribution in [2.45, 2.75) is 26.2 Å². The Balaban J connectivity index is 1.69. The fraction of sp³-hybridized carbons (Fsp3) is 0.278. The van der Waals surface area contributed by atoms with E-state index in [2.05, 4.69) is 20.1 Å². The van der Waals surface area contributed by atoms with E-state index in [0.717, 1.165) is 57.5 Å². The van der Waals surface area contributed by atoms with Gasteiger partial charge in [-0.2, -0.15) is 0 Å². The van der Waals surface area contributed by atoms with Crippen LogP contribution in [0.5, 0.6) is 0 Å². The Morgan fingerprint density at radius 1 is 1.20 bits per heavy atom. The van der Waals surface area contributed by atoms with E-state index < -0.39 is 0 Å². The van der Waals surface area contributed by atoms with Crippen LogP contribution in [0.15, 0.2) is 42.1 Å². The molecule has 0 atom stereocenters. The van der Waals surface area contributed by atoms with E-state index in [0.29, 0.717) is 6.61 Å². The molecule has 0 spiro atoms. The Labute approximate surface area is 149 Å². The Bertz CT molecular complexity index is 907. The van der Waals surface area contributed by atoms with Crippen LogP contribution in [0.3, 0.4) is 0 Å². The number of thiazole rings is 1. The van der Waals surface area contributed by atoms with Crippen LogP contribution in [0.4, 0.5) is 0 Å². The minimum atomic E-state index is 0.551. The average molecular weight is 351 g/mol. The van der Waals surface area contributed by atoms with Crippen LogP contribution < -0.4 is 0 Å². The number of oxime groups is 1. The SMILES string of the molecule is CCON=C1CCCc2ncc(-c3cnc(-c4cccnc4)s3)nc21. The van der Waals surface area contributed by atoms with E-state index in [4.69, 9.17) is 9.82 Å². The lowest BCUT2D eigenvalue weighted by molar-refractivity contribution is 0.158. The predicted octanol–water partition coefficient (Wildman–Crippen LogP) is 3.74. The first-order valence-electron chi connectivity index (χ1n) is 8.27. The first kappa shape index (κ1) is 15.8. The highest BCUT2D eigenvalue weighted by Gasteiger charge is 2.20. The summed E-state index contributed by atoms with van der Waals surface area (Å²) in [6.07, 6.45) is 10.1. The van der Waals surface area contributed by atoms with Crippen molar-refractivity contribution in [1.29, 1.82) is 0 Å². The van der Waals surface area contributed by atoms with E-state index >= 15 is 0 Å². The van der Waals surface area contributed by atoms with Gasteiger partial charge in [-0.3, -0.25) is 9.97 Å². The lowest BCUT2D eigenvalue weighted by atomic mass is 9.98. The number of aromatic nitrogens is 4. The molecule has 3 aromatic heterocycles. The van der Waals surface area contributed by atoms with Crippen LogP contribution in [0, 0.1) is 0 Å². The normalized spacial score (nSPS) is 15.2. The van der Waals surface area contributed by atoms with Gasteiger partial charge in [0.05, 0.1) is 16.8 Å². The van der Waals surface area contributed by atoms with Gasteiger partial charge in [0, 0.05) is 24.2 Å². The second-order valence-electron chi connectivity index (χ2n) is 5.63. The van der Waals surface area contributed by atoms with Crippen LogP contribution in [-0.4, -0.2) is 32.3 Å². The molecule has 0 saturated carbocycles. The molecule has 0 aromatic carbocycles. The maximum atomic E-state index is 5.24. The van der Waals surface area contributed by atoms with E-state index in [1.807, 2.05) is 37.6 Å². The summed E-state index contributed by atoms with van der Waals surface area (Å²) in [5.74, 6) is 0. The van der Waals surface area contributed by atoms with Gasteiger partial charge in [-0.05, 0) is 38.3 Å². The molecule has 0 aliphatic heterocycles. The topological polar surface area (TPSA) is 73.2 Å². The molecule has 0 N–H and O–H groups in total. The highest BCUT2D eigenvalue weighted by Crippen LogP contribution is 2.31. The Morgan fingerprint density at radius 3 is 3.00 bits per heavy atom. The molecule has 1 aliphatic rings. The minimum absolute atomic E-state index is 0.551. The van der Waals surface area contributed by atoms with Crippen molar-refractivity contribution < 1.29 is 4.84 Å². The minimum Gasteiger partial charge on any atom is -0.396 e. The molecule has 1 aliphatic carbocycles. The molecule has 126 valence electrons. The highest BCUT2D eigenvalue weighted by molar-refractivity contribution is 7.18. The number of pyridine rings is 1. The van der Waals surface area contributed by atoms with Crippen molar-refractivity contribution in [3.63, 3.8) is 0 Å². The number of hydrogen-bond donors (Lipinski definition) is 0. The van der Waals surface area contributed by atoms with Crippen molar-refractivity contribution in [3.05, 3.63) is 48.3 Å². The van der Waals surface area contributed by atoms with Crippen LogP contribution in [-0.2, 0) is 11.3 Å². The summed E-state index contributed by atoms with van der Waals surface area (Å²) in [4.78, 5) is 24.3. The van der Waals surface area contributed by atoms with Gasteiger partial charge < -0.3 is 4.84 Å². The zero-order valence-electron chi connectivity index (χ0n) is 13.8. The summed E-state index contributed by atoms with van der Waals surface area (Å²) >= 11 is 1.58. The Hall–Kier alpha value is -2.67. The predicted molar refractivity (Wildman–Crippen MR) is 97.5 cm³/mol. The van der Waals surface area contributed by atoms with Crippen LogP contribution in [0.1, 0.15) is 31.2 Å². The molecule has 7 heteroatoms. The first-order valence-corrected chi connectivity index (χ1v) is 9.08. The van der Waals surface area contributed by atoms with Gasteiger partial charge in [0.15, 0.2) is 0 Å². The van der Waals surface area contributed by atoms with E-state index in [-0.39, 0.29) is 0 Å². The summed E-state index contributed by atoms with van der Waals surface area (Å²) in [5.41, 5.74) is 4.55. The smallest absolute Gasteiger partial charge is 0.125 e. The molecular formula is C18H17N5OS. The summed E-state index contributed by atoms with van der Waals surface area (Å²) in [5, 5.41) is 5.15. The van der Waals surface area contributed by atoms with Gasteiger partial charge in [-0.25, -0.2) is 9.97 Å². The van der Waals surface area contributed by atoms with Gasteiger partial charge in [-0.15, -0.1) is 11.3 Å². The zero-order chi connectivity index (χ0) is 17.1. The quantitative estimate of drug-likeness (QED) is 0.670. The third kappa shape index (κ3) is 3.28. The molecule has 0 bridgehead atoms. The lowest BCUT2D eigenvalue weighted by Crippen LogP contribution is -2.16. The maximum absolute atomic E-state index is 5.24. The second-order valence-corrected chi connectivity index (χ2v) is 6.66. The van der Waals surface area contributed by atoms with Crippen molar-refractivity contribution in [1.82, 2.24) is 19.9 Å². The number of rotatable bonds is 4. The number of nitrogens with zero attached hydrogens (tertiary/aromatic N) is 5. The molecule has 0 fully saturated rings. The van der Waals surface area contributed by atoms with Crippen molar-refractivity contribution in [3.8, 4) is 21.1 Å². The molecule has 0 saturated heterocycles. The largest absolute Gasteiger partial charge is 0.396 e. The van der Waals surface area contributed by atoms with Crippen molar-refractivity contribution >= 4 is 17.0 Å². The first-order chi connectivity index (χ1) is 12.3. The molecule has 4 rings (SSSR count). The molecule has 25 heavy (non-hydrogen) atoms. The Morgan fingerprint density at radius 2 is 2.16 bits per heavy atom. The van der Waals surface area contributed by atoms with Crippen LogP contribution in [0.2, 0.25) is 0 Å². The van der Waals surface area contributed by atoms with Crippen LogP contribution in [0.25, 0.3) is 21.1 Å². The van der Waals surface area contributed by atoms with E-state index in [9.17, 15) is 0 Å². The number of hydrogen-bond acceptors (Lipinski definition) is 7. The molecule has 6 nitrogen and oxygen atoms in total. The molecule has 3 heterocycles. The van der Waals surface area contributed by atoms with E-state index in [1.165, 1.54) is 0 Å². The standard InChI is InChI=1S/C18H17N5OS/c1-2-24-23-14-7-3-6-13-17(14)22-15(10-20-13)16-11-21-18(25-16)12-5-4-8-19-9-12/h4-5,8-11H,2-3,6-7H2,1H3. The van der Waals surface area contributed by atoms with Gasteiger partial charge in [-0.1, -0.05) is 5.16 Å². The molecule has 3 aromatic rings. The average Bonchev–Trinajstić information content (AvgIpc) is 3.17. The van der Waals surface area contributed by atoms with Gasteiger partial charge in [0.25, 0.3) is 0 Å². The van der Waals surface area contributed by atoms with Crippen LogP contribution >= 0.6 is 11.3 Å².